The lowest BCUT2D eigenvalue weighted by atomic mass is 10.1. The summed E-state index contributed by atoms with van der Waals surface area (Å²) in [5.41, 5.74) is 2.99. The zero-order chi connectivity index (χ0) is 21.9. The molecule has 31 heavy (non-hydrogen) atoms. The lowest BCUT2D eigenvalue weighted by Crippen LogP contribution is -2.52. The molecule has 1 aliphatic rings. The van der Waals surface area contributed by atoms with Gasteiger partial charge in [-0.25, -0.2) is 0 Å². The number of benzene rings is 2. The predicted octanol–water partition coefficient (Wildman–Crippen LogP) is 2.84. The maximum absolute atomic E-state index is 12.1. The van der Waals surface area contributed by atoms with Crippen LogP contribution in [0.3, 0.4) is 0 Å². The second-order valence-electron chi connectivity index (χ2n) is 7.56. The normalized spacial score (nSPS) is 15.3. The number of nitrogens with zero attached hydrogens (tertiary/aromatic N) is 3. The van der Waals surface area contributed by atoms with Crippen molar-refractivity contribution < 1.29 is 4.79 Å². The fraction of sp³-hybridized carbons (Fsp3) is 0.360. The average Bonchev–Trinajstić information content (AvgIpc) is 2.81. The SMILES string of the molecule is CCNC(=O)c1cccc(CNC(=NC)N2CCN(C/C=C/c3ccccc3)CC2)c1. The highest BCUT2D eigenvalue weighted by atomic mass is 16.1. The van der Waals surface area contributed by atoms with Gasteiger partial charge in [0.25, 0.3) is 5.91 Å². The molecule has 3 rings (SSSR count). The van der Waals surface area contributed by atoms with Gasteiger partial charge < -0.3 is 15.5 Å². The Balaban J connectivity index is 1.46. The van der Waals surface area contributed by atoms with Gasteiger partial charge in [-0.15, -0.1) is 0 Å². The zero-order valence-electron chi connectivity index (χ0n) is 18.6. The average molecular weight is 420 g/mol. The van der Waals surface area contributed by atoms with Gasteiger partial charge in [0, 0.05) is 58.4 Å². The van der Waals surface area contributed by atoms with Crippen LogP contribution in [0.2, 0.25) is 0 Å². The van der Waals surface area contributed by atoms with Crippen LogP contribution in [0.4, 0.5) is 0 Å². The number of guanidine groups is 1. The van der Waals surface area contributed by atoms with Crippen molar-refractivity contribution in [2.45, 2.75) is 13.5 Å². The fourth-order valence-electron chi connectivity index (χ4n) is 3.64. The minimum atomic E-state index is -0.0360. The van der Waals surface area contributed by atoms with Gasteiger partial charge in [0.2, 0.25) is 0 Å². The van der Waals surface area contributed by atoms with Gasteiger partial charge in [-0.05, 0) is 30.2 Å². The monoisotopic (exact) mass is 419 g/mol. The summed E-state index contributed by atoms with van der Waals surface area (Å²) in [6.07, 6.45) is 4.42. The van der Waals surface area contributed by atoms with E-state index in [4.69, 9.17) is 0 Å². The maximum Gasteiger partial charge on any atom is 0.251 e. The summed E-state index contributed by atoms with van der Waals surface area (Å²) in [4.78, 5) is 21.3. The van der Waals surface area contributed by atoms with Crippen LogP contribution in [0.25, 0.3) is 6.08 Å². The van der Waals surface area contributed by atoms with E-state index >= 15 is 0 Å². The third-order valence-electron chi connectivity index (χ3n) is 5.33. The summed E-state index contributed by atoms with van der Waals surface area (Å²) in [6, 6.07) is 18.1. The van der Waals surface area contributed by atoms with Gasteiger partial charge in [0.15, 0.2) is 5.96 Å². The Morgan fingerprint density at radius 3 is 2.52 bits per heavy atom. The van der Waals surface area contributed by atoms with E-state index in [2.05, 4.69) is 61.8 Å². The molecule has 2 aromatic rings. The van der Waals surface area contributed by atoms with Crippen LogP contribution in [0, 0.1) is 0 Å². The van der Waals surface area contributed by atoms with Crippen molar-refractivity contribution in [1.82, 2.24) is 20.4 Å². The molecule has 1 amide bonds. The molecule has 164 valence electrons. The van der Waals surface area contributed by atoms with Gasteiger partial charge in [-0.2, -0.15) is 0 Å². The molecule has 1 fully saturated rings. The molecule has 1 aliphatic heterocycles. The summed E-state index contributed by atoms with van der Waals surface area (Å²) < 4.78 is 0. The van der Waals surface area contributed by atoms with Crippen molar-refractivity contribution in [2.75, 3.05) is 46.3 Å². The smallest absolute Gasteiger partial charge is 0.251 e. The molecule has 0 aromatic heterocycles. The van der Waals surface area contributed by atoms with Crippen molar-refractivity contribution in [3.05, 3.63) is 77.4 Å². The number of amides is 1. The molecule has 6 heteroatoms. The minimum Gasteiger partial charge on any atom is -0.352 e. The molecule has 0 spiro atoms. The van der Waals surface area contributed by atoms with Gasteiger partial charge in [-0.3, -0.25) is 14.7 Å². The molecule has 0 bridgehead atoms. The van der Waals surface area contributed by atoms with Crippen LogP contribution in [0.15, 0.2) is 65.7 Å². The number of rotatable bonds is 7. The van der Waals surface area contributed by atoms with E-state index in [9.17, 15) is 4.79 Å². The zero-order valence-corrected chi connectivity index (χ0v) is 18.6. The summed E-state index contributed by atoms with van der Waals surface area (Å²) in [7, 11) is 1.82. The summed E-state index contributed by atoms with van der Waals surface area (Å²) in [6.45, 7) is 8.05. The largest absolute Gasteiger partial charge is 0.352 e. The van der Waals surface area contributed by atoms with Crippen molar-refractivity contribution >= 4 is 17.9 Å². The van der Waals surface area contributed by atoms with E-state index in [1.165, 1.54) is 5.56 Å². The van der Waals surface area contributed by atoms with Gasteiger partial charge in [-0.1, -0.05) is 54.6 Å². The molecular formula is C25H33N5O. The first-order valence-corrected chi connectivity index (χ1v) is 11.0. The highest BCUT2D eigenvalue weighted by molar-refractivity contribution is 5.94. The third kappa shape index (κ3) is 6.96. The Bertz CT molecular complexity index is 886. The lowest BCUT2D eigenvalue weighted by molar-refractivity contribution is 0.0955. The van der Waals surface area contributed by atoms with E-state index in [1.54, 1.807) is 0 Å². The number of nitrogens with one attached hydrogen (secondary N) is 2. The number of piperazine rings is 1. The highest BCUT2D eigenvalue weighted by Gasteiger charge is 2.18. The van der Waals surface area contributed by atoms with Crippen LogP contribution in [-0.2, 0) is 6.54 Å². The van der Waals surface area contributed by atoms with Crippen molar-refractivity contribution in [3.8, 4) is 0 Å². The van der Waals surface area contributed by atoms with Crippen molar-refractivity contribution in [3.63, 3.8) is 0 Å². The summed E-state index contributed by atoms with van der Waals surface area (Å²) >= 11 is 0. The Labute approximate surface area is 185 Å². The van der Waals surface area contributed by atoms with Crippen LogP contribution < -0.4 is 10.6 Å². The van der Waals surface area contributed by atoms with Crippen LogP contribution in [0.1, 0.15) is 28.4 Å². The molecule has 2 N–H and O–H groups in total. The Kier molecular flexibility index (Phi) is 8.67. The standard InChI is InChI=1S/C25H33N5O/c1-3-27-24(31)23-13-7-11-22(19-23)20-28-25(26-2)30-17-15-29(16-18-30)14-8-12-21-9-5-4-6-10-21/h4-13,19H,3,14-18,20H2,1-2H3,(H,26,28)(H,27,31)/b12-8+. The van der Waals surface area contributed by atoms with Crippen LogP contribution in [-0.4, -0.2) is 68.0 Å². The quantitative estimate of drug-likeness (QED) is 0.535. The fourth-order valence-corrected chi connectivity index (χ4v) is 3.64. The van der Waals surface area contributed by atoms with Gasteiger partial charge >= 0.3 is 0 Å². The first kappa shape index (κ1) is 22.6. The van der Waals surface area contributed by atoms with Crippen LogP contribution >= 0.6 is 0 Å². The lowest BCUT2D eigenvalue weighted by Gasteiger charge is -2.36. The van der Waals surface area contributed by atoms with Gasteiger partial charge in [0.1, 0.15) is 0 Å². The molecule has 0 saturated carbocycles. The number of aliphatic imine (C=N–C) groups is 1. The van der Waals surface area contributed by atoms with Crippen molar-refractivity contribution in [2.24, 2.45) is 4.99 Å². The molecule has 0 unspecified atom stereocenters. The van der Waals surface area contributed by atoms with E-state index in [0.717, 1.165) is 44.2 Å². The number of carbonyl (C=O) groups excluding carboxylic acids is 1. The number of carbonyl (C=O) groups is 1. The molecule has 1 saturated heterocycles. The second kappa shape index (κ2) is 11.9. The molecule has 0 aliphatic carbocycles. The Morgan fingerprint density at radius 2 is 1.81 bits per heavy atom. The molecular weight excluding hydrogens is 386 g/mol. The second-order valence-corrected chi connectivity index (χ2v) is 7.56. The summed E-state index contributed by atoms with van der Waals surface area (Å²) in [5, 5.41) is 6.29. The Hall–Kier alpha value is -3.12. The van der Waals surface area contributed by atoms with E-state index in [1.807, 2.05) is 44.3 Å². The van der Waals surface area contributed by atoms with Crippen LogP contribution in [0.5, 0.6) is 0 Å². The number of hydrogen-bond donors (Lipinski definition) is 2. The molecule has 2 aromatic carbocycles. The molecule has 1 heterocycles. The molecule has 0 radical (unpaired) electrons. The molecule has 6 nitrogen and oxygen atoms in total. The number of hydrogen-bond acceptors (Lipinski definition) is 3. The van der Waals surface area contributed by atoms with Crippen molar-refractivity contribution in [1.29, 1.82) is 0 Å². The first-order chi connectivity index (χ1) is 15.2. The topological polar surface area (TPSA) is 60.0 Å². The summed E-state index contributed by atoms with van der Waals surface area (Å²) in [5.74, 6) is 0.869. The predicted molar refractivity (Wildman–Crippen MR) is 128 cm³/mol. The van der Waals surface area contributed by atoms with Gasteiger partial charge in [0.05, 0.1) is 0 Å². The third-order valence-corrected chi connectivity index (χ3v) is 5.33. The maximum atomic E-state index is 12.1. The van der Waals surface area contributed by atoms with E-state index in [-0.39, 0.29) is 5.91 Å². The highest BCUT2D eigenvalue weighted by Crippen LogP contribution is 2.08. The van der Waals surface area contributed by atoms with E-state index < -0.39 is 0 Å². The minimum absolute atomic E-state index is 0.0360. The Morgan fingerprint density at radius 1 is 1.03 bits per heavy atom. The first-order valence-electron chi connectivity index (χ1n) is 11.0. The molecule has 0 atom stereocenters. The van der Waals surface area contributed by atoms with E-state index in [0.29, 0.717) is 18.7 Å².